The number of nitrogens with one attached hydrogen (secondary N) is 1. The highest BCUT2D eigenvalue weighted by Gasteiger charge is 2.30. The lowest BCUT2D eigenvalue weighted by Gasteiger charge is -2.27. The van der Waals surface area contributed by atoms with E-state index in [2.05, 4.69) is 5.32 Å². The van der Waals surface area contributed by atoms with Crippen molar-refractivity contribution in [3.63, 3.8) is 0 Å². The molecule has 0 fully saturated rings. The first-order valence-electron chi connectivity index (χ1n) is 8.51. The van der Waals surface area contributed by atoms with E-state index in [0.717, 1.165) is 6.07 Å². The van der Waals surface area contributed by atoms with E-state index in [0.29, 0.717) is 16.9 Å². The molecule has 1 aliphatic rings. The molecule has 0 spiro atoms. The predicted molar refractivity (Wildman–Crippen MR) is 98.1 cm³/mol. The number of rotatable bonds is 3. The maximum absolute atomic E-state index is 13.4. The molecule has 1 aliphatic heterocycles. The molecular formula is C20H19FN2O4. The van der Waals surface area contributed by atoms with Crippen LogP contribution in [0.5, 0.6) is 0 Å². The molecule has 1 atom stereocenters. The monoisotopic (exact) mass is 370 g/mol. The fraction of sp³-hybridized carbons (Fsp3) is 0.250. The number of benzene rings is 2. The largest absolute Gasteiger partial charge is 0.452 e. The number of carbonyl (C=O) groups excluding carboxylic acids is 3. The van der Waals surface area contributed by atoms with Crippen molar-refractivity contribution in [1.29, 1.82) is 0 Å². The molecule has 0 aliphatic carbocycles. The summed E-state index contributed by atoms with van der Waals surface area (Å²) in [5, 5.41) is 2.76. The highest BCUT2D eigenvalue weighted by atomic mass is 19.1. The molecule has 2 aromatic carbocycles. The molecule has 140 valence electrons. The molecule has 2 amide bonds. The highest BCUT2D eigenvalue weighted by molar-refractivity contribution is 6.05. The number of ether oxygens (including phenoxy) is 1. The topological polar surface area (TPSA) is 75.7 Å². The lowest BCUT2D eigenvalue weighted by Crippen LogP contribution is -2.41. The third-order valence-corrected chi connectivity index (χ3v) is 4.37. The zero-order valence-electron chi connectivity index (χ0n) is 15.0. The minimum absolute atomic E-state index is 0.0731. The molecule has 1 heterocycles. The van der Waals surface area contributed by atoms with Crippen LogP contribution in [0.1, 0.15) is 29.3 Å². The van der Waals surface area contributed by atoms with Gasteiger partial charge in [0.1, 0.15) is 5.82 Å². The van der Waals surface area contributed by atoms with E-state index in [1.165, 1.54) is 17.0 Å². The first-order chi connectivity index (χ1) is 12.9. The summed E-state index contributed by atoms with van der Waals surface area (Å²) in [6.07, 6.45) is 0.122. The van der Waals surface area contributed by atoms with E-state index < -0.39 is 30.3 Å². The Labute approximate surface area is 155 Å². The van der Waals surface area contributed by atoms with E-state index in [9.17, 15) is 18.8 Å². The Bertz CT molecular complexity index is 913. The van der Waals surface area contributed by atoms with Gasteiger partial charge in [-0.15, -0.1) is 0 Å². The molecule has 0 saturated carbocycles. The Hall–Kier alpha value is -3.22. The van der Waals surface area contributed by atoms with Crippen LogP contribution in [0, 0.1) is 12.7 Å². The zero-order chi connectivity index (χ0) is 19.6. The standard InChI is InChI=1S/C20H19FN2O4/c1-12-7-8-14(21)10-15(12)20(26)27-11-19(25)23-13(2)9-18(24)22-16-5-3-4-6-17(16)23/h3-8,10,13H,9,11H2,1-2H3,(H,22,24). The number of hydrogen-bond donors (Lipinski definition) is 1. The van der Waals surface area contributed by atoms with Gasteiger partial charge < -0.3 is 15.0 Å². The fourth-order valence-corrected chi connectivity index (χ4v) is 3.06. The van der Waals surface area contributed by atoms with Crippen LogP contribution in [0.2, 0.25) is 0 Å². The lowest BCUT2D eigenvalue weighted by molar-refractivity contribution is -0.122. The van der Waals surface area contributed by atoms with Crippen molar-refractivity contribution in [3.05, 3.63) is 59.4 Å². The first kappa shape index (κ1) is 18.6. The second-order valence-corrected chi connectivity index (χ2v) is 6.42. The van der Waals surface area contributed by atoms with Gasteiger partial charge in [0.05, 0.1) is 16.9 Å². The summed E-state index contributed by atoms with van der Waals surface area (Å²) in [6, 6.07) is 10.3. The molecule has 0 radical (unpaired) electrons. The number of aryl methyl sites for hydroxylation is 1. The van der Waals surface area contributed by atoms with Gasteiger partial charge >= 0.3 is 5.97 Å². The van der Waals surface area contributed by atoms with Crippen LogP contribution in [0.25, 0.3) is 0 Å². The Morgan fingerprint density at radius 1 is 1.26 bits per heavy atom. The van der Waals surface area contributed by atoms with Gasteiger partial charge in [-0.25, -0.2) is 9.18 Å². The average Bonchev–Trinajstić information content (AvgIpc) is 2.75. The van der Waals surface area contributed by atoms with E-state index in [4.69, 9.17) is 4.74 Å². The number of para-hydroxylation sites is 2. The molecule has 1 N–H and O–H groups in total. The van der Waals surface area contributed by atoms with Gasteiger partial charge in [-0.1, -0.05) is 18.2 Å². The smallest absolute Gasteiger partial charge is 0.339 e. The maximum atomic E-state index is 13.4. The number of nitrogens with zero attached hydrogens (tertiary/aromatic N) is 1. The molecular weight excluding hydrogens is 351 g/mol. The van der Waals surface area contributed by atoms with Gasteiger partial charge in [0.2, 0.25) is 5.91 Å². The predicted octanol–water partition coefficient (Wildman–Crippen LogP) is 3.05. The zero-order valence-corrected chi connectivity index (χ0v) is 15.0. The van der Waals surface area contributed by atoms with E-state index in [-0.39, 0.29) is 17.9 Å². The van der Waals surface area contributed by atoms with Crippen molar-refractivity contribution in [2.24, 2.45) is 0 Å². The van der Waals surface area contributed by atoms with Crippen LogP contribution in [0.15, 0.2) is 42.5 Å². The summed E-state index contributed by atoms with van der Waals surface area (Å²) in [7, 11) is 0. The number of amides is 2. The summed E-state index contributed by atoms with van der Waals surface area (Å²) in [5.41, 5.74) is 1.69. The van der Waals surface area contributed by atoms with Crippen LogP contribution in [0.4, 0.5) is 15.8 Å². The summed E-state index contributed by atoms with van der Waals surface area (Å²) in [5.74, 6) is -1.99. The number of esters is 1. The SMILES string of the molecule is Cc1ccc(F)cc1C(=O)OCC(=O)N1c2ccccc2NC(=O)CC1C. The van der Waals surface area contributed by atoms with Gasteiger partial charge in [-0.3, -0.25) is 9.59 Å². The van der Waals surface area contributed by atoms with E-state index in [1.54, 1.807) is 38.1 Å². The minimum Gasteiger partial charge on any atom is -0.452 e. The minimum atomic E-state index is -0.773. The Morgan fingerprint density at radius 3 is 2.78 bits per heavy atom. The quantitative estimate of drug-likeness (QED) is 0.843. The molecule has 3 rings (SSSR count). The average molecular weight is 370 g/mol. The van der Waals surface area contributed by atoms with Gasteiger partial charge in [-0.05, 0) is 43.7 Å². The summed E-state index contributed by atoms with van der Waals surface area (Å²) < 4.78 is 18.5. The number of fused-ring (bicyclic) bond motifs is 1. The normalized spacial score (nSPS) is 16.2. The molecule has 0 bridgehead atoms. The highest BCUT2D eigenvalue weighted by Crippen LogP contribution is 2.31. The molecule has 27 heavy (non-hydrogen) atoms. The number of halogens is 1. The second kappa shape index (κ2) is 7.57. The third kappa shape index (κ3) is 3.97. The van der Waals surface area contributed by atoms with Crippen molar-refractivity contribution < 1.29 is 23.5 Å². The van der Waals surface area contributed by atoms with E-state index in [1.807, 2.05) is 0 Å². The number of hydrogen-bond acceptors (Lipinski definition) is 4. The van der Waals surface area contributed by atoms with Crippen molar-refractivity contribution in [1.82, 2.24) is 0 Å². The Balaban J connectivity index is 1.78. The van der Waals surface area contributed by atoms with E-state index >= 15 is 0 Å². The van der Waals surface area contributed by atoms with Crippen LogP contribution >= 0.6 is 0 Å². The van der Waals surface area contributed by atoms with Crippen molar-refractivity contribution in [2.45, 2.75) is 26.3 Å². The van der Waals surface area contributed by atoms with Crippen LogP contribution in [-0.4, -0.2) is 30.4 Å². The summed E-state index contributed by atoms with van der Waals surface area (Å²) >= 11 is 0. The van der Waals surface area contributed by atoms with Crippen molar-refractivity contribution >= 4 is 29.2 Å². The molecule has 2 aromatic rings. The van der Waals surface area contributed by atoms with Crippen molar-refractivity contribution in [2.75, 3.05) is 16.8 Å². The molecule has 7 heteroatoms. The van der Waals surface area contributed by atoms with Crippen LogP contribution in [-0.2, 0) is 14.3 Å². The summed E-state index contributed by atoms with van der Waals surface area (Å²) in [6.45, 7) is 2.89. The fourth-order valence-electron chi connectivity index (χ4n) is 3.06. The van der Waals surface area contributed by atoms with Gasteiger partial charge in [-0.2, -0.15) is 0 Å². The number of anilines is 2. The molecule has 0 aromatic heterocycles. The summed E-state index contributed by atoms with van der Waals surface area (Å²) in [4.78, 5) is 38.4. The van der Waals surface area contributed by atoms with Crippen molar-refractivity contribution in [3.8, 4) is 0 Å². The lowest BCUT2D eigenvalue weighted by atomic mass is 10.1. The third-order valence-electron chi connectivity index (χ3n) is 4.37. The Kier molecular flexibility index (Phi) is 5.21. The first-order valence-corrected chi connectivity index (χ1v) is 8.51. The van der Waals surface area contributed by atoms with Crippen LogP contribution < -0.4 is 10.2 Å². The number of carbonyl (C=O) groups is 3. The van der Waals surface area contributed by atoms with Crippen LogP contribution in [0.3, 0.4) is 0 Å². The second-order valence-electron chi connectivity index (χ2n) is 6.42. The molecule has 1 unspecified atom stereocenters. The Morgan fingerprint density at radius 2 is 2.00 bits per heavy atom. The van der Waals surface area contributed by atoms with Gasteiger partial charge in [0.25, 0.3) is 5.91 Å². The maximum Gasteiger partial charge on any atom is 0.339 e. The molecule has 0 saturated heterocycles. The van der Waals surface area contributed by atoms with Gasteiger partial charge in [0, 0.05) is 12.5 Å². The molecule has 6 nitrogen and oxygen atoms in total. The van der Waals surface area contributed by atoms with Gasteiger partial charge in [0.15, 0.2) is 6.61 Å².